The van der Waals surface area contributed by atoms with Gasteiger partial charge >= 0.3 is 5.97 Å². The van der Waals surface area contributed by atoms with Crippen LogP contribution in [0.1, 0.15) is 39.9 Å². The van der Waals surface area contributed by atoms with E-state index >= 15 is 0 Å². The zero-order valence-corrected chi connectivity index (χ0v) is 10.7. The Morgan fingerprint density at radius 1 is 1.35 bits per heavy atom. The summed E-state index contributed by atoms with van der Waals surface area (Å²) < 4.78 is 5.28. The molecular weight excluding hydrogens is 220 g/mol. The Kier molecular flexibility index (Phi) is 4.48. The molecule has 17 heavy (non-hydrogen) atoms. The zero-order valence-electron chi connectivity index (χ0n) is 10.7. The number of aryl methyl sites for hydroxylation is 1. The van der Waals surface area contributed by atoms with E-state index in [1.54, 1.807) is 0 Å². The van der Waals surface area contributed by atoms with Crippen molar-refractivity contribution in [3.05, 3.63) is 12.2 Å². The van der Waals surface area contributed by atoms with E-state index in [1.807, 2.05) is 27.7 Å². The van der Waals surface area contributed by atoms with Crippen LogP contribution >= 0.6 is 0 Å². The lowest BCUT2D eigenvalue weighted by Crippen LogP contribution is -2.27. The Balaban J connectivity index is 2.40. The number of rotatable bonds is 4. The summed E-state index contributed by atoms with van der Waals surface area (Å²) in [5.41, 5.74) is -0.447. The molecule has 1 rings (SSSR count). The molecule has 0 aromatic carbocycles. The second-order valence-corrected chi connectivity index (χ2v) is 4.94. The number of ether oxygens (including phenoxy) is 1. The summed E-state index contributed by atoms with van der Waals surface area (Å²) in [5.74, 6) is 0.162. The highest BCUT2D eigenvalue weighted by molar-refractivity contribution is 5.72. The van der Waals surface area contributed by atoms with Gasteiger partial charge in [0.25, 0.3) is 0 Å². The van der Waals surface area contributed by atoms with Gasteiger partial charge < -0.3 is 4.74 Å². The van der Waals surface area contributed by atoms with Crippen molar-refractivity contribution in [2.75, 3.05) is 0 Å². The molecule has 0 bridgehead atoms. The maximum Gasteiger partial charge on any atom is 0.309 e. The van der Waals surface area contributed by atoms with E-state index in [9.17, 15) is 4.79 Å². The molecule has 0 N–H and O–H groups in total. The molecule has 6 nitrogen and oxygen atoms in total. The number of aromatic nitrogens is 4. The van der Waals surface area contributed by atoms with Crippen LogP contribution in [-0.4, -0.2) is 32.0 Å². The molecule has 0 saturated carbocycles. The Morgan fingerprint density at radius 2 is 1.94 bits per heavy atom. The molecule has 1 aromatic heterocycles. The number of esters is 1. The Bertz CT molecular complexity index is 361. The van der Waals surface area contributed by atoms with E-state index in [1.165, 1.54) is 6.33 Å². The van der Waals surface area contributed by atoms with Gasteiger partial charge in [-0.05, 0) is 27.2 Å². The lowest BCUT2D eigenvalue weighted by Gasteiger charge is -2.22. The van der Waals surface area contributed by atoms with Gasteiger partial charge in [-0.1, -0.05) is 6.92 Å². The summed E-state index contributed by atoms with van der Waals surface area (Å²) in [6, 6.07) is 0. The summed E-state index contributed by atoms with van der Waals surface area (Å²) >= 11 is 0. The van der Waals surface area contributed by atoms with Crippen LogP contribution in [-0.2, 0) is 16.0 Å². The number of hydrogen-bond acceptors (Lipinski definition) is 6. The maximum atomic E-state index is 11.7. The van der Waals surface area contributed by atoms with Gasteiger partial charge in [-0.2, -0.15) is 0 Å². The van der Waals surface area contributed by atoms with E-state index < -0.39 is 5.60 Å². The van der Waals surface area contributed by atoms with Crippen LogP contribution in [0.4, 0.5) is 0 Å². The van der Waals surface area contributed by atoms with Crippen LogP contribution in [0.3, 0.4) is 0 Å². The standard InChI is InChI=1S/C11H18N4O2/c1-8(10(16)17-11(2,3)4)5-6-9-14-12-7-13-15-9/h7-8H,5-6H2,1-4H3/t8-/m0/s1. The van der Waals surface area contributed by atoms with Gasteiger partial charge in [0.15, 0.2) is 12.2 Å². The summed E-state index contributed by atoms with van der Waals surface area (Å²) in [5, 5.41) is 14.9. The normalized spacial score (nSPS) is 13.2. The maximum absolute atomic E-state index is 11.7. The monoisotopic (exact) mass is 238 g/mol. The first-order chi connectivity index (χ1) is 7.88. The van der Waals surface area contributed by atoms with E-state index in [-0.39, 0.29) is 11.9 Å². The minimum Gasteiger partial charge on any atom is -0.460 e. The minimum atomic E-state index is -0.447. The molecule has 0 aliphatic rings. The second-order valence-electron chi connectivity index (χ2n) is 4.94. The highest BCUT2D eigenvalue weighted by atomic mass is 16.6. The number of carbonyl (C=O) groups excluding carboxylic acids is 1. The Morgan fingerprint density at radius 3 is 2.47 bits per heavy atom. The third kappa shape index (κ3) is 5.33. The molecule has 6 heteroatoms. The van der Waals surface area contributed by atoms with Crippen LogP contribution in [0, 0.1) is 5.92 Å². The number of hydrogen-bond donors (Lipinski definition) is 0. The highest BCUT2D eigenvalue weighted by Gasteiger charge is 2.21. The van der Waals surface area contributed by atoms with E-state index in [0.29, 0.717) is 18.7 Å². The third-order valence-electron chi connectivity index (χ3n) is 2.06. The van der Waals surface area contributed by atoms with Gasteiger partial charge in [0.1, 0.15) is 5.60 Å². The smallest absolute Gasteiger partial charge is 0.309 e. The first-order valence-corrected chi connectivity index (χ1v) is 5.60. The average molecular weight is 238 g/mol. The molecule has 0 aliphatic heterocycles. The van der Waals surface area contributed by atoms with Crippen LogP contribution in [0.25, 0.3) is 0 Å². The van der Waals surface area contributed by atoms with Gasteiger partial charge in [0.2, 0.25) is 0 Å². The molecule has 0 saturated heterocycles. The molecule has 94 valence electrons. The minimum absolute atomic E-state index is 0.182. The first-order valence-electron chi connectivity index (χ1n) is 5.60. The average Bonchev–Trinajstić information content (AvgIpc) is 2.25. The largest absolute Gasteiger partial charge is 0.460 e. The van der Waals surface area contributed by atoms with E-state index in [4.69, 9.17) is 4.74 Å². The molecule has 0 fully saturated rings. The Hall–Kier alpha value is -1.59. The van der Waals surface area contributed by atoms with Crippen LogP contribution in [0.2, 0.25) is 0 Å². The quantitative estimate of drug-likeness (QED) is 0.733. The van der Waals surface area contributed by atoms with Crippen LogP contribution < -0.4 is 0 Å². The molecular formula is C11H18N4O2. The van der Waals surface area contributed by atoms with E-state index in [0.717, 1.165) is 0 Å². The zero-order chi connectivity index (χ0) is 12.9. The van der Waals surface area contributed by atoms with Gasteiger partial charge in [-0.25, -0.2) is 0 Å². The van der Waals surface area contributed by atoms with Crippen molar-refractivity contribution in [2.45, 2.75) is 46.1 Å². The fourth-order valence-corrected chi connectivity index (χ4v) is 1.19. The number of nitrogens with zero attached hydrogens (tertiary/aromatic N) is 4. The van der Waals surface area contributed by atoms with Crippen LogP contribution in [0.5, 0.6) is 0 Å². The van der Waals surface area contributed by atoms with Crippen molar-refractivity contribution in [1.82, 2.24) is 20.4 Å². The second kappa shape index (κ2) is 5.65. The third-order valence-corrected chi connectivity index (χ3v) is 2.06. The van der Waals surface area contributed by atoms with Crippen molar-refractivity contribution in [3.8, 4) is 0 Å². The molecule has 0 spiro atoms. The summed E-state index contributed by atoms with van der Waals surface area (Å²) in [4.78, 5) is 11.7. The predicted octanol–water partition coefficient (Wildman–Crippen LogP) is 1.18. The van der Waals surface area contributed by atoms with Gasteiger partial charge in [-0.15, -0.1) is 20.4 Å². The first kappa shape index (κ1) is 13.5. The van der Waals surface area contributed by atoms with Gasteiger partial charge in [0, 0.05) is 6.42 Å². The molecule has 1 heterocycles. The van der Waals surface area contributed by atoms with Gasteiger partial charge in [0.05, 0.1) is 5.92 Å². The fourth-order valence-electron chi connectivity index (χ4n) is 1.19. The van der Waals surface area contributed by atoms with Crippen molar-refractivity contribution >= 4 is 5.97 Å². The molecule has 0 amide bonds. The molecule has 0 radical (unpaired) electrons. The topological polar surface area (TPSA) is 77.9 Å². The summed E-state index contributed by atoms with van der Waals surface area (Å²) in [7, 11) is 0. The summed E-state index contributed by atoms with van der Waals surface area (Å²) in [6.07, 6.45) is 2.48. The lowest BCUT2D eigenvalue weighted by atomic mass is 10.1. The fraction of sp³-hybridized carbons (Fsp3) is 0.727. The van der Waals surface area contributed by atoms with Crippen molar-refractivity contribution in [3.63, 3.8) is 0 Å². The molecule has 0 unspecified atom stereocenters. The molecule has 1 aromatic rings. The number of carbonyl (C=O) groups is 1. The van der Waals surface area contributed by atoms with Crippen molar-refractivity contribution in [2.24, 2.45) is 5.92 Å². The predicted molar refractivity (Wildman–Crippen MR) is 61.0 cm³/mol. The molecule has 1 atom stereocenters. The van der Waals surface area contributed by atoms with E-state index in [2.05, 4.69) is 20.4 Å². The lowest BCUT2D eigenvalue weighted by molar-refractivity contribution is -0.159. The van der Waals surface area contributed by atoms with Crippen molar-refractivity contribution in [1.29, 1.82) is 0 Å². The van der Waals surface area contributed by atoms with Crippen molar-refractivity contribution < 1.29 is 9.53 Å². The van der Waals surface area contributed by atoms with Gasteiger partial charge in [-0.3, -0.25) is 4.79 Å². The SMILES string of the molecule is C[C@@H](CCc1nncnn1)C(=O)OC(C)(C)C. The Labute approximate surface area is 101 Å². The highest BCUT2D eigenvalue weighted by Crippen LogP contribution is 2.14. The van der Waals surface area contributed by atoms with Crippen LogP contribution in [0.15, 0.2) is 6.33 Å². The molecule has 0 aliphatic carbocycles. The summed E-state index contributed by atoms with van der Waals surface area (Å²) in [6.45, 7) is 7.39.